The first-order valence-electron chi connectivity index (χ1n) is 5.61. The lowest BCUT2D eigenvalue weighted by atomic mass is 10.2. The highest BCUT2D eigenvalue weighted by Crippen LogP contribution is 2.02. The maximum atomic E-state index is 11.6. The van der Waals surface area contributed by atoms with E-state index in [1.54, 1.807) is 9.13 Å². The summed E-state index contributed by atoms with van der Waals surface area (Å²) in [5, 5.41) is 0. The first-order chi connectivity index (χ1) is 7.29. The molecule has 0 saturated carbocycles. The van der Waals surface area contributed by atoms with Crippen LogP contribution in [0.25, 0.3) is 0 Å². The Hall–Kier alpha value is -0.700. The van der Waals surface area contributed by atoms with Crippen molar-refractivity contribution < 1.29 is 0 Å². The number of halogens is 1. The zero-order valence-corrected chi connectivity index (χ0v) is 10.0. The second kappa shape index (κ2) is 6.72. The molecule has 15 heavy (non-hydrogen) atoms. The van der Waals surface area contributed by atoms with Crippen LogP contribution in [0.5, 0.6) is 0 Å². The van der Waals surface area contributed by atoms with Crippen LogP contribution >= 0.6 is 11.6 Å². The molecule has 0 atom stereocenters. The summed E-state index contributed by atoms with van der Waals surface area (Å²) in [4.78, 5) is 11.6. The second-order valence-corrected chi connectivity index (χ2v) is 4.04. The van der Waals surface area contributed by atoms with Gasteiger partial charge in [0.25, 0.3) is 0 Å². The van der Waals surface area contributed by atoms with E-state index in [4.69, 9.17) is 11.6 Å². The third-order valence-electron chi connectivity index (χ3n) is 2.54. The standard InChI is InChI=1S/C11H19ClN2O/c1-2-13-9-10-14(11(13)15)8-6-4-3-5-7-12/h9-10H,2-8H2,1H3. The maximum Gasteiger partial charge on any atom is 0.328 e. The van der Waals surface area contributed by atoms with Crippen molar-refractivity contribution >= 4 is 11.6 Å². The van der Waals surface area contributed by atoms with Gasteiger partial charge >= 0.3 is 5.69 Å². The van der Waals surface area contributed by atoms with Crippen molar-refractivity contribution in [3.8, 4) is 0 Å². The first-order valence-corrected chi connectivity index (χ1v) is 6.14. The number of nitrogens with zero attached hydrogens (tertiary/aromatic N) is 2. The van der Waals surface area contributed by atoms with Crippen molar-refractivity contribution in [2.24, 2.45) is 0 Å². The number of rotatable bonds is 7. The quantitative estimate of drug-likeness (QED) is 0.522. The van der Waals surface area contributed by atoms with Crippen LogP contribution in [0.1, 0.15) is 32.6 Å². The van der Waals surface area contributed by atoms with Crippen LogP contribution in [0.3, 0.4) is 0 Å². The average molecular weight is 231 g/mol. The van der Waals surface area contributed by atoms with Crippen molar-refractivity contribution in [3.63, 3.8) is 0 Å². The minimum absolute atomic E-state index is 0.106. The van der Waals surface area contributed by atoms with Gasteiger partial charge in [0.2, 0.25) is 0 Å². The number of imidazole rings is 1. The summed E-state index contributed by atoms with van der Waals surface area (Å²) in [5.41, 5.74) is 0.106. The van der Waals surface area contributed by atoms with Crippen LogP contribution in [0, 0.1) is 0 Å². The van der Waals surface area contributed by atoms with E-state index in [0.717, 1.165) is 44.7 Å². The van der Waals surface area contributed by atoms with Crippen LogP contribution in [0.4, 0.5) is 0 Å². The Morgan fingerprint density at radius 1 is 1.13 bits per heavy atom. The average Bonchev–Trinajstić information content (AvgIpc) is 2.60. The molecule has 0 aliphatic rings. The maximum absolute atomic E-state index is 11.6. The van der Waals surface area contributed by atoms with Gasteiger partial charge in [-0.2, -0.15) is 0 Å². The molecular formula is C11H19ClN2O. The Kier molecular flexibility index (Phi) is 5.54. The lowest BCUT2D eigenvalue weighted by Crippen LogP contribution is -2.23. The molecule has 1 heterocycles. The molecule has 0 unspecified atom stereocenters. The van der Waals surface area contributed by atoms with Gasteiger partial charge in [-0.15, -0.1) is 11.6 Å². The Morgan fingerprint density at radius 2 is 1.80 bits per heavy atom. The zero-order valence-electron chi connectivity index (χ0n) is 9.29. The second-order valence-electron chi connectivity index (χ2n) is 3.66. The molecule has 0 spiro atoms. The van der Waals surface area contributed by atoms with Gasteiger partial charge in [-0.3, -0.25) is 9.13 Å². The SMILES string of the molecule is CCn1ccn(CCCCCCCl)c1=O. The fourth-order valence-corrected chi connectivity index (χ4v) is 1.78. The molecule has 0 aromatic carbocycles. The number of hydrogen-bond donors (Lipinski definition) is 0. The smallest absolute Gasteiger partial charge is 0.300 e. The highest BCUT2D eigenvalue weighted by molar-refractivity contribution is 6.17. The third-order valence-corrected chi connectivity index (χ3v) is 2.81. The highest BCUT2D eigenvalue weighted by atomic mass is 35.5. The Bertz CT molecular complexity index is 330. The number of aryl methyl sites for hydroxylation is 2. The van der Waals surface area contributed by atoms with Crippen LogP contribution in [-0.4, -0.2) is 15.0 Å². The summed E-state index contributed by atoms with van der Waals surface area (Å²) in [7, 11) is 0. The lowest BCUT2D eigenvalue weighted by Gasteiger charge is -2.01. The van der Waals surface area contributed by atoms with Crippen LogP contribution in [0.2, 0.25) is 0 Å². The minimum atomic E-state index is 0.106. The largest absolute Gasteiger partial charge is 0.328 e. The summed E-state index contributed by atoms with van der Waals surface area (Å²) in [6.45, 7) is 3.55. The monoisotopic (exact) mass is 230 g/mol. The summed E-state index contributed by atoms with van der Waals surface area (Å²) >= 11 is 5.59. The van der Waals surface area contributed by atoms with Crippen LogP contribution in [-0.2, 0) is 13.1 Å². The van der Waals surface area contributed by atoms with Gasteiger partial charge in [0.15, 0.2) is 0 Å². The summed E-state index contributed by atoms with van der Waals surface area (Å²) < 4.78 is 3.50. The van der Waals surface area contributed by atoms with E-state index in [1.807, 2.05) is 19.3 Å². The molecule has 0 aliphatic carbocycles. The number of alkyl halides is 1. The van der Waals surface area contributed by atoms with E-state index in [0.29, 0.717) is 0 Å². The third kappa shape index (κ3) is 3.74. The predicted molar refractivity (Wildman–Crippen MR) is 63.6 cm³/mol. The summed E-state index contributed by atoms with van der Waals surface area (Å²) in [6, 6.07) is 0. The van der Waals surface area contributed by atoms with Gasteiger partial charge in [0.1, 0.15) is 0 Å². The Balaban J connectivity index is 2.31. The Labute approximate surface area is 95.7 Å². The summed E-state index contributed by atoms with van der Waals surface area (Å²) in [5.74, 6) is 0.742. The Morgan fingerprint density at radius 3 is 2.40 bits per heavy atom. The molecule has 0 amide bonds. The molecule has 0 saturated heterocycles. The molecule has 0 N–H and O–H groups in total. The number of hydrogen-bond acceptors (Lipinski definition) is 1. The molecule has 4 heteroatoms. The van der Waals surface area contributed by atoms with Gasteiger partial charge in [0, 0.05) is 31.4 Å². The van der Waals surface area contributed by atoms with Gasteiger partial charge in [-0.25, -0.2) is 4.79 Å². The van der Waals surface area contributed by atoms with E-state index >= 15 is 0 Å². The van der Waals surface area contributed by atoms with Crippen LogP contribution < -0.4 is 5.69 Å². The fourth-order valence-electron chi connectivity index (χ4n) is 1.59. The van der Waals surface area contributed by atoms with Crippen molar-refractivity contribution in [2.75, 3.05) is 5.88 Å². The molecule has 1 aromatic rings. The van der Waals surface area contributed by atoms with Crippen molar-refractivity contribution in [1.29, 1.82) is 0 Å². The van der Waals surface area contributed by atoms with Crippen molar-refractivity contribution in [2.45, 2.75) is 45.7 Å². The number of unbranched alkanes of at least 4 members (excludes halogenated alkanes) is 3. The molecule has 3 nitrogen and oxygen atoms in total. The fraction of sp³-hybridized carbons (Fsp3) is 0.727. The minimum Gasteiger partial charge on any atom is -0.300 e. The number of aromatic nitrogens is 2. The first kappa shape index (κ1) is 12.4. The van der Waals surface area contributed by atoms with Gasteiger partial charge in [0.05, 0.1) is 0 Å². The molecule has 1 rings (SSSR count). The highest BCUT2D eigenvalue weighted by Gasteiger charge is 2.00. The van der Waals surface area contributed by atoms with E-state index in [2.05, 4.69) is 0 Å². The molecule has 0 bridgehead atoms. The molecule has 0 fully saturated rings. The zero-order chi connectivity index (χ0) is 11.1. The molecule has 0 radical (unpaired) electrons. The van der Waals surface area contributed by atoms with E-state index < -0.39 is 0 Å². The molecule has 86 valence electrons. The van der Waals surface area contributed by atoms with Crippen molar-refractivity contribution in [1.82, 2.24) is 9.13 Å². The normalized spacial score (nSPS) is 10.8. The van der Waals surface area contributed by atoms with Crippen molar-refractivity contribution in [3.05, 3.63) is 22.9 Å². The van der Waals surface area contributed by atoms with E-state index in [-0.39, 0.29) is 5.69 Å². The van der Waals surface area contributed by atoms with E-state index in [1.165, 1.54) is 0 Å². The van der Waals surface area contributed by atoms with Gasteiger partial charge < -0.3 is 0 Å². The lowest BCUT2D eigenvalue weighted by molar-refractivity contribution is 0.558. The molecular weight excluding hydrogens is 212 g/mol. The van der Waals surface area contributed by atoms with Gasteiger partial charge in [-0.05, 0) is 19.8 Å². The summed E-state index contributed by atoms with van der Waals surface area (Å²) in [6.07, 6.45) is 8.16. The predicted octanol–water partition coefficient (Wildman–Crippen LogP) is 2.47. The van der Waals surface area contributed by atoms with Gasteiger partial charge in [-0.1, -0.05) is 12.8 Å². The topological polar surface area (TPSA) is 26.9 Å². The van der Waals surface area contributed by atoms with Crippen LogP contribution in [0.15, 0.2) is 17.2 Å². The molecule has 1 aromatic heterocycles. The molecule has 0 aliphatic heterocycles. The van der Waals surface area contributed by atoms with E-state index in [9.17, 15) is 4.79 Å².